The number of hydrogen-bond acceptors (Lipinski definition) is 9. The third-order valence-electron chi connectivity index (χ3n) is 4.55. The number of carbonyl (C=O) groups excluding carboxylic acids is 1. The second-order valence-electron chi connectivity index (χ2n) is 7.12. The van der Waals surface area contributed by atoms with Crippen LogP contribution < -0.4 is 10.6 Å². The predicted molar refractivity (Wildman–Crippen MR) is 125 cm³/mol. The van der Waals surface area contributed by atoms with Crippen molar-refractivity contribution in [3.63, 3.8) is 0 Å². The summed E-state index contributed by atoms with van der Waals surface area (Å²) >= 11 is 0. The Kier molecular flexibility index (Phi) is 6.79. The van der Waals surface area contributed by atoms with Gasteiger partial charge in [0.15, 0.2) is 5.82 Å². The summed E-state index contributed by atoms with van der Waals surface area (Å²) in [4.78, 5) is 33.7. The van der Waals surface area contributed by atoms with Crippen molar-refractivity contribution in [1.29, 1.82) is 0 Å². The first kappa shape index (κ1) is 21.8. The van der Waals surface area contributed by atoms with Crippen LogP contribution in [0.15, 0.2) is 67.0 Å². The van der Waals surface area contributed by atoms with Gasteiger partial charge in [0.2, 0.25) is 5.95 Å². The Labute approximate surface area is 191 Å². The van der Waals surface area contributed by atoms with Gasteiger partial charge >= 0.3 is 5.97 Å². The molecular formula is C24H23N7O2. The number of esters is 1. The number of pyridine rings is 1. The van der Waals surface area contributed by atoms with Gasteiger partial charge in [-0.15, -0.1) is 0 Å². The summed E-state index contributed by atoms with van der Waals surface area (Å²) in [5.74, 6) is 1.88. The summed E-state index contributed by atoms with van der Waals surface area (Å²) in [6.07, 6.45) is 3.56. The molecule has 0 radical (unpaired) electrons. The zero-order valence-corrected chi connectivity index (χ0v) is 18.3. The topological polar surface area (TPSA) is 115 Å². The average Bonchev–Trinajstić information content (AvgIpc) is 2.81. The second kappa shape index (κ2) is 10.3. The van der Waals surface area contributed by atoms with Crippen LogP contribution in [0.4, 0.5) is 23.3 Å². The molecule has 166 valence electrons. The van der Waals surface area contributed by atoms with E-state index in [2.05, 4.69) is 35.6 Å². The first-order valence-corrected chi connectivity index (χ1v) is 10.5. The van der Waals surface area contributed by atoms with Crippen LogP contribution in [-0.4, -0.2) is 37.5 Å². The number of aryl methyl sites for hydroxylation is 1. The fourth-order valence-electron chi connectivity index (χ4n) is 3.05. The molecule has 3 heterocycles. The van der Waals surface area contributed by atoms with E-state index in [0.29, 0.717) is 35.7 Å². The van der Waals surface area contributed by atoms with Gasteiger partial charge in [-0.3, -0.25) is 4.79 Å². The Balaban J connectivity index is 1.43. The normalized spacial score (nSPS) is 10.5. The monoisotopic (exact) mass is 441 g/mol. The van der Waals surface area contributed by atoms with Gasteiger partial charge in [0.25, 0.3) is 0 Å². The van der Waals surface area contributed by atoms with E-state index in [1.54, 1.807) is 31.5 Å². The molecule has 9 nitrogen and oxygen atoms in total. The van der Waals surface area contributed by atoms with Crippen LogP contribution in [0.5, 0.6) is 0 Å². The predicted octanol–water partition coefficient (Wildman–Crippen LogP) is 4.23. The lowest BCUT2D eigenvalue weighted by Gasteiger charge is -2.09. The minimum atomic E-state index is -0.244. The fraction of sp³-hybridized carbons (Fsp3) is 0.167. The molecule has 0 aliphatic heterocycles. The van der Waals surface area contributed by atoms with E-state index in [-0.39, 0.29) is 12.4 Å². The van der Waals surface area contributed by atoms with Gasteiger partial charge in [-0.25, -0.2) is 19.9 Å². The lowest BCUT2D eigenvalue weighted by Crippen LogP contribution is -2.07. The van der Waals surface area contributed by atoms with Gasteiger partial charge in [-0.05, 0) is 55.8 Å². The first-order chi connectivity index (χ1) is 16.1. The average molecular weight is 441 g/mol. The molecule has 1 aromatic carbocycles. The highest BCUT2D eigenvalue weighted by Crippen LogP contribution is 2.19. The van der Waals surface area contributed by atoms with E-state index >= 15 is 0 Å². The van der Waals surface area contributed by atoms with Gasteiger partial charge in [0, 0.05) is 23.8 Å². The van der Waals surface area contributed by atoms with Crippen molar-refractivity contribution in [3.8, 4) is 11.5 Å². The molecule has 0 unspecified atom stereocenters. The molecule has 0 bridgehead atoms. The van der Waals surface area contributed by atoms with E-state index in [9.17, 15) is 4.79 Å². The maximum atomic E-state index is 11.6. The van der Waals surface area contributed by atoms with E-state index < -0.39 is 0 Å². The number of ether oxygens (including phenoxy) is 1. The maximum absolute atomic E-state index is 11.6. The van der Waals surface area contributed by atoms with Crippen molar-refractivity contribution in [2.75, 3.05) is 17.2 Å². The van der Waals surface area contributed by atoms with Crippen molar-refractivity contribution in [1.82, 2.24) is 24.9 Å². The molecule has 0 saturated carbocycles. The minimum absolute atomic E-state index is 0.239. The maximum Gasteiger partial charge on any atom is 0.310 e. The molecular weight excluding hydrogens is 418 g/mol. The molecule has 4 aromatic rings. The van der Waals surface area contributed by atoms with Crippen LogP contribution in [-0.2, 0) is 16.0 Å². The molecule has 0 aliphatic carbocycles. The van der Waals surface area contributed by atoms with Crippen molar-refractivity contribution in [3.05, 3.63) is 78.2 Å². The van der Waals surface area contributed by atoms with Crippen LogP contribution in [0.3, 0.4) is 0 Å². The second-order valence-corrected chi connectivity index (χ2v) is 7.12. The van der Waals surface area contributed by atoms with E-state index in [0.717, 1.165) is 16.9 Å². The highest BCUT2D eigenvalue weighted by Gasteiger charge is 2.07. The molecule has 9 heteroatoms. The van der Waals surface area contributed by atoms with Gasteiger partial charge in [-0.1, -0.05) is 18.2 Å². The quantitative estimate of drug-likeness (QED) is 0.388. The van der Waals surface area contributed by atoms with Gasteiger partial charge in [0.1, 0.15) is 17.3 Å². The Bertz CT molecular complexity index is 1250. The SMILES string of the molecule is CCOC(=O)Cc1ccc(Nc2nccc(Nc3ccnc(-c4cccc(C)n4)n3)n2)cc1. The first-order valence-electron chi connectivity index (χ1n) is 10.5. The van der Waals surface area contributed by atoms with Crippen LogP contribution >= 0.6 is 0 Å². The molecule has 0 spiro atoms. The standard InChI is InChI=1S/C24H23N7O2/c1-3-33-22(32)15-17-7-9-18(10-8-17)28-24-26-14-12-21(31-24)29-20-11-13-25-23(30-20)19-6-4-5-16(2)27-19/h4-14H,3,15H2,1-2H3,(H2,25,26,28,29,30,31). The van der Waals surface area contributed by atoms with Crippen molar-refractivity contribution >= 4 is 29.2 Å². The molecule has 2 N–H and O–H groups in total. The Morgan fingerprint density at radius 1 is 0.879 bits per heavy atom. The number of rotatable bonds is 8. The van der Waals surface area contributed by atoms with E-state index in [1.807, 2.05) is 49.4 Å². The van der Waals surface area contributed by atoms with Crippen molar-refractivity contribution in [2.45, 2.75) is 20.3 Å². The summed E-state index contributed by atoms with van der Waals surface area (Å²) in [5.41, 5.74) is 3.28. The highest BCUT2D eigenvalue weighted by atomic mass is 16.5. The number of hydrogen-bond donors (Lipinski definition) is 2. The fourth-order valence-corrected chi connectivity index (χ4v) is 3.05. The molecule has 0 amide bonds. The molecule has 4 rings (SSSR count). The smallest absolute Gasteiger partial charge is 0.310 e. The Hall–Kier alpha value is -4.40. The highest BCUT2D eigenvalue weighted by molar-refractivity contribution is 5.73. The van der Waals surface area contributed by atoms with Crippen LogP contribution in [0.1, 0.15) is 18.2 Å². The number of nitrogens with zero attached hydrogens (tertiary/aromatic N) is 5. The zero-order valence-electron chi connectivity index (χ0n) is 18.3. The molecule has 0 aliphatic rings. The lowest BCUT2D eigenvalue weighted by molar-refractivity contribution is -0.142. The number of anilines is 4. The van der Waals surface area contributed by atoms with Crippen LogP contribution in [0.25, 0.3) is 11.5 Å². The number of nitrogens with one attached hydrogen (secondary N) is 2. The molecule has 0 fully saturated rings. The lowest BCUT2D eigenvalue weighted by atomic mass is 10.1. The molecule has 3 aromatic heterocycles. The molecule has 0 saturated heterocycles. The van der Waals surface area contributed by atoms with Crippen LogP contribution in [0.2, 0.25) is 0 Å². The third kappa shape index (κ3) is 6.07. The van der Waals surface area contributed by atoms with Crippen LogP contribution in [0, 0.1) is 6.92 Å². The van der Waals surface area contributed by atoms with Gasteiger partial charge in [0.05, 0.1) is 13.0 Å². The largest absolute Gasteiger partial charge is 0.466 e. The van der Waals surface area contributed by atoms with E-state index in [4.69, 9.17) is 4.74 Å². The summed E-state index contributed by atoms with van der Waals surface area (Å²) < 4.78 is 4.98. The summed E-state index contributed by atoms with van der Waals surface area (Å²) in [6, 6.07) is 16.7. The summed E-state index contributed by atoms with van der Waals surface area (Å²) in [5, 5.41) is 6.33. The van der Waals surface area contributed by atoms with E-state index in [1.165, 1.54) is 0 Å². The Morgan fingerprint density at radius 3 is 2.39 bits per heavy atom. The number of aromatic nitrogens is 5. The van der Waals surface area contributed by atoms with Crippen molar-refractivity contribution in [2.24, 2.45) is 0 Å². The van der Waals surface area contributed by atoms with Crippen molar-refractivity contribution < 1.29 is 9.53 Å². The van der Waals surface area contributed by atoms with Gasteiger partial charge < -0.3 is 15.4 Å². The molecule has 33 heavy (non-hydrogen) atoms. The minimum Gasteiger partial charge on any atom is -0.466 e. The molecule has 0 atom stereocenters. The number of carbonyl (C=O) groups is 1. The van der Waals surface area contributed by atoms with Gasteiger partial charge in [-0.2, -0.15) is 4.98 Å². The third-order valence-corrected chi connectivity index (χ3v) is 4.55. The summed E-state index contributed by atoms with van der Waals surface area (Å²) in [6.45, 7) is 4.09. The zero-order chi connectivity index (χ0) is 23.0. The number of benzene rings is 1. The summed E-state index contributed by atoms with van der Waals surface area (Å²) in [7, 11) is 0. The Morgan fingerprint density at radius 2 is 1.64 bits per heavy atom.